The molecule has 0 atom stereocenters. The number of rotatable bonds is 3. The van der Waals surface area contributed by atoms with E-state index in [1.807, 2.05) is 25.1 Å². The molecule has 19 heavy (non-hydrogen) atoms. The van der Waals surface area contributed by atoms with Gasteiger partial charge in [-0.05, 0) is 37.3 Å². The molecule has 0 unspecified atom stereocenters. The van der Waals surface area contributed by atoms with Gasteiger partial charge in [0.1, 0.15) is 5.75 Å². The summed E-state index contributed by atoms with van der Waals surface area (Å²) in [5.41, 5.74) is 0.606. The van der Waals surface area contributed by atoms with Crippen molar-refractivity contribution in [2.75, 3.05) is 6.61 Å². The highest BCUT2D eigenvalue weighted by Gasteiger charge is 1.98. The normalized spacial score (nSPS) is 9.21. The summed E-state index contributed by atoms with van der Waals surface area (Å²) in [6.45, 7) is 2.48. The SMILES string of the molecule is CCOc1ccccc1C=O.Clc1cccc(Cl)c1. The quantitative estimate of drug-likeness (QED) is 0.754. The van der Waals surface area contributed by atoms with Crippen LogP contribution >= 0.6 is 23.2 Å². The van der Waals surface area contributed by atoms with Crippen molar-refractivity contribution in [3.8, 4) is 5.75 Å². The maximum Gasteiger partial charge on any atom is 0.153 e. The first kappa shape index (κ1) is 15.5. The van der Waals surface area contributed by atoms with Crippen LogP contribution in [0.3, 0.4) is 0 Å². The van der Waals surface area contributed by atoms with Crippen molar-refractivity contribution in [2.45, 2.75) is 6.92 Å². The molecule has 0 radical (unpaired) electrons. The van der Waals surface area contributed by atoms with E-state index in [0.717, 1.165) is 6.29 Å². The van der Waals surface area contributed by atoms with Gasteiger partial charge in [-0.25, -0.2) is 0 Å². The van der Waals surface area contributed by atoms with E-state index in [1.165, 1.54) is 0 Å². The average molecular weight is 297 g/mol. The maximum atomic E-state index is 10.4. The van der Waals surface area contributed by atoms with Gasteiger partial charge in [0.25, 0.3) is 0 Å². The number of para-hydroxylation sites is 1. The molecule has 0 amide bonds. The summed E-state index contributed by atoms with van der Waals surface area (Å²) in [5.74, 6) is 0.657. The number of halogens is 2. The van der Waals surface area contributed by atoms with Crippen molar-refractivity contribution < 1.29 is 9.53 Å². The summed E-state index contributed by atoms with van der Waals surface area (Å²) in [6, 6.07) is 14.3. The van der Waals surface area contributed by atoms with E-state index in [9.17, 15) is 4.79 Å². The molecule has 2 aromatic rings. The number of ether oxygens (including phenoxy) is 1. The predicted octanol–water partition coefficient (Wildman–Crippen LogP) is 4.89. The Bertz CT molecular complexity index is 510. The van der Waals surface area contributed by atoms with Crippen LogP contribution in [0.5, 0.6) is 5.75 Å². The summed E-state index contributed by atoms with van der Waals surface area (Å²) in [7, 11) is 0. The number of benzene rings is 2. The van der Waals surface area contributed by atoms with Gasteiger partial charge in [-0.1, -0.05) is 41.4 Å². The van der Waals surface area contributed by atoms with E-state index in [1.54, 1.807) is 30.3 Å². The third-order valence-electron chi connectivity index (χ3n) is 2.13. The second kappa shape index (κ2) is 8.57. The minimum Gasteiger partial charge on any atom is -0.493 e. The van der Waals surface area contributed by atoms with E-state index in [0.29, 0.717) is 28.0 Å². The van der Waals surface area contributed by atoms with Crippen molar-refractivity contribution >= 4 is 29.5 Å². The molecule has 0 spiro atoms. The van der Waals surface area contributed by atoms with Gasteiger partial charge in [-0.2, -0.15) is 0 Å². The Labute approximate surface area is 122 Å². The zero-order valence-electron chi connectivity index (χ0n) is 10.5. The molecule has 0 fully saturated rings. The summed E-state index contributed by atoms with van der Waals surface area (Å²) in [4.78, 5) is 10.4. The smallest absolute Gasteiger partial charge is 0.153 e. The Kier molecular flexibility index (Phi) is 7.01. The highest BCUT2D eigenvalue weighted by Crippen LogP contribution is 2.15. The Morgan fingerprint density at radius 1 is 1.05 bits per heavy atom. The molecule has 0 saturated heterocycles. The zero-order chi connectivity index (χ0) is 14.1. The first-order chi connectivity index (χ1) is 9.17. The van der Waals surface area contributed by atoms with Crippen molar-refractivity contribution in [3.05, 3.63) is 64.1 Å². The van der Waals surface area contributed by atoms with Crippen molar-refractivity contribution in [2.24, 2.45) is 0 Å². The summed E-state index contributed by atoms with van der Waals surface area (Å²) < 4.78 is 5.20. The second-order valence-corrected chi connectivity index (χ2v) is 4.40. The minimum absolute atomic E-state index is 0.588. The van der Waals surface area contributed by atoms with Gasteiger partial charge in [0.05, 0.1) is 12.2 Å². The monoisotopic (exact) mass is 296 g/mol. The molecule has 0 aliphatic heterocycles. The molecule has 0 aliphatic carbocycles. The zero-order valence-corrected chi connectivity index (χ0v) is 12.0. The Hall–Kier alpha value is -1.51. The van der Waals surface area contributed by atoms with E-state index in [4.69, 9.17) is 27.9 Å². The molecule has 4 heteroatoms. The van der Waals surface area contributed by atoms with Crippen LogP contribution in [-0.4, -0.2) is 12.9 Å². The van der Waals surface area contributed by atoms with Gasteiger partial charge >= 0.3 is 0 Å². The van der Waals surface area contributed by atoms with Crippen LogP contribution in [-0.2, 0) is 0 Å². The fourth-order valence-electron chi connectivity index (χ4n) is 1.32. The standard InChI is InChI=1S/C9H10O2.C6H4Cl2/c1-2-11-9-6-4-3-5-8(9)7-10;7-5-2-1-3-6(8)4-5/h3-7H,2H2,1H3;1-4H. The molecule has 0 saturated carbocycles. The third kappa shape index (κ3) is 5.77. The van der Waals surface area contributed by atoms with Crippen LogP contribution < -0.4 is 4.74 Å². The van der Waals surface area contributed by atoms with Crippen molar-refractivity contribution in [3.63, 3.8) is 0 Å². The van der Waals surface area contributed by atoms with E-state index in [-0.39, 0.29) is 0 Å². The third-order valence-corrected chi connectivity index (χ3v) is 2.60. The Morgan fingerprint density at radius 2 is 1.68 bits per heavy atom. The van der Waals surface area contributed by atoms with Crippen LogP contribution in [0.2, 0.25) is 10.0 Å². The van der Waals surface area contributed by atoms with E-state index in [2.05, 4.69) is 0 Å². The molecular formula is C15H14Cl2O2. The molecule has 100 valence electrons. The lowest BCUT2D eigenvalue weighted by Crippen LogP contribution is -1.94. The first-order valence-electron chi connectivity index (χ1n) is 5.75. The molecule has 0 aromatic heterocycles. The number of carbonyl (C=O) groups excluding carboxylic acids is 1. The lowest BCUT2D eigenvalue weighted by atomic mass is 10.2. The van der Waals surface area contributed by atoms with Gasteiger partial charge in [0.2, 0.25) is 0 Å². The molecular weight excluding hydrogens is 283 g/mol. The predicted molar refractivity (Wildman–Crippen MR) is 79.5 cm³/mol. The maximum absolute atomic E-state index is 10.4. The van der Waals surface area contributed by atoms with E-state index >= 15 is 0 Å². The number of hydrogen-bond acceptors (Lipinski definition) is 2. The van der Waals surface area contributed by atoms with Crippen LogP contribution in [0.15, 0.2) is 48.5 Å². The first-order valence-corrected chi connectivity index (χ1v) is 6.51. The summed E-state index contributed by atoms with van der Waals surface area (Å²) >= 11 is 11.1. The molecule has 0 N–H and O–H groups in total. The molecule has 0 aliphatic rings. The van der Waals surface area contributed by atoms with Gasteiger partial charge in [0, 0.05) is 10.0 Å². The summed E-state index contributed by atoms with van der Waals surface area (Å²) in [5, 5.41) is 1.36. The van der Waals surface area contributed by atoms with Crippen molar-refractivity contribution in [1.29, 1.82) is 0 Å². The lowest BCUT2D eigenvalue weighted by Gasteiger charge is -2.03. The topological polar surface area (TPSA) is 26.3 Å². The van der Waals surface area contributed by atoms with Crippen LogP contribution in [0.25, 0.3) is 0 Å². The molecule has 2 nitrogen and oxygen atoms in total. The second-order valence-electron chi connectivity index (χ2n) is 3.53. The number of aldehydes is 1. The Balaban J connectivity index is 0.000000200. The van der Waals surface area contributed by atoms with Crippen LogP contribution in [0.4, 0.5) is 0 Å². The van der Waals surface area contributed by atoms with Crippen LogP contribution in [0, 0.1) is 0 Å². The fourth-order valence-corrected chi connectivity index (χ4v) is 1.76. The highest BCUT2D eigenvalue weighted by molar-refractivity contribution is 6.34. The van der Waals surface area contributed by atoms with Gasteiger partial charge in [0.15, 0.2) is 6.29 Å². The average Bonchev–Trinajstić information content (AvgIpc) is 2.40. The lowest BCUT2D eigenvalue weighted by molar-refractivity contribution is 0.112. The molecule has 2 aromatic carbocycles. The largest absolute Gasteiger partial charge is 0.493 e. The number of carbonyl (C=O) groups is 1. The van der Waals surface area contributed by atoms with Gasteiger partial charge in [-0.15, -0.1) is 0 Å². The minimum atomic E-state index is 0.588. The Morgan fingerprint density at radius 3 is 2.16 bits per heavy atom. The van der Waals surface area contributed by atoms with Gasteiger partial charge < -0.3 is 4.74 Å². The highest BCUT2D eigenvalue weighted by atomic mass is 35.5. The van der Waals surface area contributed by atoms with Gasteiger partial charge in [-0.3, -0.25) is 4.79 Å². The number of hydrogen-bond donors (Lipinski definition) is 0. The molecule has 0 heterocycles. The van der Waals surface area contributed by atoms with E-state index < -0.39 is 0 Å². The summed E-state index contributed by atoms with van der Waals surface area (Å²) in [6.07, 6.45) is 0.797. The molecule has 0 bridgehead atoms. The molecule has 2 rings (SSSR count). The fraction of sp³-hybridized carbons (Fsp3) is 0.133. The van der Waals surface area contributed by atoms with Crippen molar-refractivity contribution in [1.82, 2.24) is 0 Å². The van der Waals surface area contributed by atoms with Crippen LogP contribution in [0.1, 0.15) is 17.3 Å².